The maximum atomic E-state index is 11.4. The SMILES string of the molecule is CC(=O)O[C@H]1CC[C@@]2(C)C(=C/C(=N/O)C3C2CC[C@]2(C)/C(=N/O)CCC32)C1. The third-order valence-corrected chi connectivity index (χ3v) is 8.23. The molecule has 4 aliphatic carbocycles. The number of carbonyl (C=O) groups is 1. The molecular formula is C21H30N2O4. The summed E-state index contributed by atoms with van der Waals surface area (Å²) in [5.74, 6) is 0.711. The zero-order chi connectivity index (χ0) is 19.4. The first-order valence-electron chi connectivity index (χ1n) is 10.1. The third-order valence-electron chi connectivity index (χ3n) is 8.23. The predicted molar refractivity (Wildman–Crippen MR) is 101 cm³/mol. The van der Waals surface area contributed by atoms with Gasteiger partial charge < -0.3 is 15.2 Å². The molecule has 3 unspecified atom stereocenters. The van der Waals surface area contributed by atoms with Crippen LogP contribution in [0.1, 0.15) is 65.7 Å². The molecule has 6 nitrogen and oxygen atoms in total. The van der Waals surface area contributed by atoms with E-state index in [-0.39, 0.29) is 28.8 Å². The molecule has 0 aromatic heterocycles. The second-order valence-corrected chi connectivity index (χ2v) is 9.37. The molecule has 0 bridgehead atoms. The van der Waals surface area contributed by atoms with Crippen LogP contribution in [0.3, 0.4) is 0 Å². The molecular weight excluding hydrogens is 344 g/mol. The summed E-state index contributed by atoms with van der Waals surface area (Å²) in [6.07, 6.45) is 8.42. The molecule has 0 heterocycles. The normalized spacial score (nSPS) is 46.4. The Morgan fingerprint density at radius 2 is 1.81 bits per heavy atom. The number of esters is 1. The van der Waals surface area contributed by atoms with Gasteiger partial charge in [-0.25, -0.2) is 0 Å². The van der Waals surface area contributed by atoms with Crippen LogP contribution in [0.25, 0.3) is 0 Å². The second kappa shape index (κ2) is 6.35. The lowest BCUT2D eigenvalue weighted by Crippen LogP contribution is -2.53. The molecule has 148 valence electrons. The number of fused-ring (bicyclic) bond motifs is 5. The molecule has 0 radical (unpaired) electrons. The summed E-state index contributed by atoms with van der Waals surface area (Å²) in [4.78, 5) is 11.4. The molecule has 4 aliphatic rings. The van der Waals surface area contributed by atoms with Gasteiger partial charge in [-0.1, -0.05) is 29.7 Å². The summed E-state index contributed by atoms with van der Waals surface area (Å²) >= 11 is 0. The molecule has 3 saturated carbocycles. The van der Waals surface area contributed by atoms with Crippen LogP contribution in [0.2, 0.25) is 0 Å². The Morgan fingerprint density at radius 3 is 2.48 bits per heavy atom. The number of allylic oxidation sites excluding steroid dienone is 1. The van der Waals surface area contributed by atoms with E-state index in [9.17, 15) is 15.2 Å². The quantitative estimate of drug-likeness (QED) is 0.410. The number of nitrogens with zero attached hydrogens (tertiary/aromatic N) is 2. The van der Waals surface area contributed by atoms with E-state index in [1.54, 1.807) is 0 Å². The van der Waals surface area contributed by atoms with Gasteiger partial charge in [-0.05, 0) is 61.9 Å². The molecule has 2 N–H and O–H groups in total. The maximum absolute atomic E-state index is 11.4. The van der Waals surface area contributed by atoms with Crippen molar-refractivity contribution in [2.24, 2.45) is 38.9 Å². The van der Waals surface area contributed by atoms with E-state index in [0.29, 0.717) is 11.8 Å². The van der Waals surface area contributed by atoms with Crippen molar-refractivity contribution in [3.8, 4) is 0 Å². The minimum absolute atomic E-state index is 0.0515. The van der Waals surface area contributed by atoms with Crippen molar-refractivity contribution < 1.29 is 19.9 Å². The molecule has 0 aromatic rings. The zero-order valence-corrected chi connectivity index (χ0v) is 16.4. The molecule has 0 saturated heterocycles. The highest BCUT2D eigenvalue weighted by Crippen LogP contribution is 2.63. The number of ether oxygens (including phenoxy) is 1. The second-order valence-electron chi connectivity index (χ2n) is 9.37. The lowest BCUT2D eigenvalue weighted by Gasteiger charge is -2.56. The van der Waals surface area contributed by atoms with Crippen LogP contribution in [0, 0.1) is 28.6 Å². The fourth-order valence-electron chi connectivity index (χ4n) is 6.78. The Morgan fingerprint density at radius 1 is 1.11 bits per heavy atom. The summed E-state index contributed by atoms with van der Waals surface area (Å²) in [5, 5.41) is 26.6. The first-order chi connectivity index (χ1) is 12.8. The molecule has 0 aromatic carbocycles. The summed E-state index contributed by atoms with van der Waals surface area (Å²) in [5.41, 5.74) is 2.86. The summed E-state index contributed by atoms with van der Waals surface area (Å²) in [7, 11) is 0. The largest absolute Gasteiger partial charge is 0.462 e. The molecule has 0 amide bonds. The van der Waals surface area contributed by atoms with E-state index < -0.39 is 0 Å². The van der Waals surface area contributed by atoms with Crippen LogP contribution in [0.5, 0.6) is 0 Å². The van der Waals surface area contributed by atoms with Gasteiger partial charge in [0, 0.05) is 24.7 Å². The van der Waals surface area contributed by atoms with Crippen LogP contribution in [-0.4, -0.2) is 33.9 Å². The number of rotatable bonds is 1. The molecule has 4 rings (SSSR count). The number of carbonyl (C=O) groups excluding carboxylic acids is 1. The molecule has 3 fully saturated rings. The van der Waals surface area contributed by atoms with E-state index >= 15 is 0 Å². The first kappa shape index (κ1) is 18.5. The fraction of sp³-hybridized carbons (Fsp3) is 0.762. The van der Waals surface area contributed by atoms with Crippen LogP contribution in [0.4, 0.5) is 0 Å². The van der Waals surface area contributed by atoms with E-state index in [2.05, 4.69) is 30.2 Å². The van der Waals surface area contributed by atoms with Gasteiger partial charge in [0.15, 0.2) is 0 Å². The highest BCUT2D eigenvalue weighted by molar-refractivity contribution is 6.01. The van der Waals surface area contributed by atoms with Gasteiger partial charge >= 0.3 is 5.97 Å². The van der Waals surface area contributed by atoms with Crippen molar-refractivity contribution >= 4 is 17.4 Å². The van der Waals surface area contributed by atoms with Crippen molar-refractivity contribution in [1.29, 1.82) is 0 Å². The topological polar surface area (TPSA) is 91.5 Å². The smallest absolute Gasteiger partial charge is 0.302 e. The van der Waals surface area contributed by atoms with Gasteiger partial charge in [-0.2, -0.15) is 0 Å². The van der Waals surface area contributed by atoms with E-state index in [0.717, 1.165) is 56.4 Å². The van der Waals surface area contributed by atoms with E-state index in [1.807, 2.05) is 0 Å². The summed E-state index contributed by atoms with van der Waals surface area (Å²) < 4.78 is 5.48. The van der Waals surface area contributed by atoms with Gasteiger partial charge in [0.1, 0.15) is 6.10 Å². The van der Waals surface area contributed by atoms with Gasteiger partial charge in [0.25, 0.3) is 0 Å². The van der Waals surface area contributed by atoms with Crippen LogP contribution in [-0.2, 0) is 9.53 Å². The van der Waals surface area contributed by atoms with Crippen LogP contribution in [0.15, 0.2) is 22.0 Å². The molecule has 0 aliphatic heterocycles. The van der Waals surface area contributed by atoms with Gasteiger partial charge in [0.2, 0.25) is 0 Å². The predicted octanol–water partition coefficient (Wildman–Crippen LogP) is 4.15. The number of hydrogen-bond donors (Lipinski definition) is 2. The van der Waals surface area contributed by atoms with Crippen LogP contribution >= 0.6 is 0 Å². The van der Waals surface area contributed by atoms with Crippen molar-refractivity contribution in [3.63, 3.8) is 0 Å². The minimum Gasteiger partial charge on any atom is -0.462 e. The van der Waals surface area contributed by atoms with Gasteiger partial charge in [-0.15, -0.1) is 0 Å². The fourth-order valence-corrected chi connectivity index (χ4v) is 6.78. The van der Waals surface area contributed by atoms with E-state index in [1.165, 1.54) is 12.5 Å². The van der Waals surface area contributed by atoms with Crippen molar-refractivity contribution in [2.75, 3.05) is 0 Å². The molecule has 6 heteroatoms. The number of hydrogen-bond acceptors (Lipinski definition) is 6. The first-order valence-corrected chi connectivity index (χ1v) is 10.1. The van der Waals surface area contributed by atoms with E-state index in [4.69, 9.17) is 4.74 Å². The highest BCUT2D eigenvalue weighted by atomic mass is 16.5. The van der Waals surface area contributed by atoms with Crippen LogP contribution < -0.4 is 0 Å². The minimum atomic E-state index is -0.232. The lowest BCUT2D eigenvalue weighted by atomic mass is 9.47. The average Bonchev–Trinajstić information content (AvgIpc) is 2.97. The van der Waals surface area contributed by atoms with Crippen molar-refractivity contribution in [3.05, 3.63) is 11.6 Å². The summed E-state index contributed by atoms with van der Waals surface area (Å²) in [6, 6.07) is 0. The molecule has 0 spiro atoms. The Labute approximate surface area is 160 Å². The summed E-state index contributed by atoms with van der Waals surface area (Å²) in [6.45, 7) is 6.01. The standard InChI is InChI=1S/C21H30N2O4/c1-12(24)27-14-6-8-20(2)13(10-14)11-17(22-25)19-15-4-5-18(23-26)21(15,3)9-7-16(19)20/h11,14-16,19,25-26H,4-10H2,1-3H3/b22-17-,23-18+/t14-,15?,16?,19?,20-,21-/m0/s1. The molecule has 27 heavy (non-hydrogen) atoms. The third kappa shape index (κ3) is 2.63. The number of oxime groups is 2. The Balaban J connectivity index is 1.71. The Kier molecular flexibility index (Phi) is 4.35. The lowest BCUT2D eigenvalue weighted by molar-refractivity contribution is -0.148. The Bertz CT molecular complexity index is 742. The van der Waals surface area contributed by atoms with Crippen molar-refractivity contribution in [1.82, 2.24) is 0 Å². The maximum Gasteiger partial charge on any atom is 0.302 e. The Hall–Kier alpha value is -1.85. The van der Waals surface area contributed by atoms with Gasteiger partial charge in [0.05, 0.1) is 11.4 Å². The van der Waals surface area contributed by atoms with Gasteiger partial charge in [-0.3, -0.25) is 4.79 Å². The monoisotopic (exact) mass is 374 g/mol. The zero-order valence-electron chi connectivity index (χ0n) is 16.4. The average molecular weight is 374 g/mol. The van der Waals surface area contributed by atoms with Crippen molar-refractivity contribution in [2.45, 2.75) is 71.8 Å². The highest BCUT2D eigenvalue weighted by Gasteiger charge is 2.60. The molecule has 6 atom stereocenters.